The Morgan fingerprint density at radius 3 is 2.86 bits per heavy atom. The van der Waals surface area contributed by atoms with Gasteiger partial charge >= 0.3 is 5.97 Å². The molecule has 6 rings (SSSR count). The first-order chi connectivity index (χ1) is 17.4. The second kappa shape index (κ2) is 9.70. The zero-order chi connectivity index (χ0) is 24.9. The fraction of sp³-hybridized carbons (Fsp3) is 0.793. The van der Waals surface area contributed by atoms with Crippen molar-refractivity contribution in [2.24, 2.45) is 28.6 Å². The lowest BCUT2D eigenvalue weighted by Crippen LogP contribution is -2.50. The van der Waals surface area contributed by atoms with Crippen LogP contribution in [0.3, 0.4) is 0 Å². The first kappa shape index (κ1) is 24.9. The molecule has 2 saturated carbocycles. The van der Waals surface area contributed by atoms with Gasteiger partial charge in [0.2, 0.25) is 0 Å². The van der Waals surface area contributed by atoms with E-state index in [9.17, 15) is 4.79 Å². The van der Waals surface area contributed by atoms with Crippen LogP contribution >= 0.6 is 11.3 Å². The molecule has 5 aliphatic rings. The minimum Gasteiger partial charge on any atom is -0.462 e. The van der Waals surface area contributed by atoms with Crippen LogP contribution in [0.1, 0.15) is 89.1 Å². The Labute approximate surface area is 220 Å². The number of anilines is 1. The van der Waals surface area contributed by atoms with Crippen LogP contribution in [0.2, 0.25) is 0 Å². The molecule has 1 aliphatic heterocycles. The lowest BCUT2D eigenvalue weighted by Gasteiger charge is -2.56. The summed E-state index contributed by atoms with van der Waals surface area (Å²) in [5.74, 6) is 2.11. The number of morpholine rings is 1. The monoisotopic (exact) mass is 513 g/mol. The fourth-order valence-corrected chi connectivity index (χ4v) is 9.63. The van der Waals surface area contributed by atoms with Crippen molar-refractivity contribution in [2.45, 2.75) is 91.1 Å². The molecule has 3 fully saturated rings. The highest BCUT2D eigenvalue weighted by atomic mass is 32.1. The highest BCUT2D eigenvalue weighted by molar-refractivity contribution is 7.16. The van der Waals surface area contributed by atoms with E-state index in [1.807, 2.05) is 11.3 Å². The van der Waals surface area contributed by atoms with Crippen LogP contribution in [0.5, 0.6) is 0 Å². The predicted molar refractivity (Wildman–Crippen MR) is 144 cm³/mol. The second-order valence-electron chi connectivity index (χ2n) is 12.4. The third-order valence-electron chi connectivity index (χ3n) is 10.5. The van der Waals surface area contributed by atoms with Gasteiger partial charge in [0.05, 0.1) is 23.8 Å². The summed E-state index contributed by atoms with van der Waals surface area (Å²) in [5.41, 5.74) is 6.80. The number of rotatable bonds is 6. The maximum Gasteiger partial charge on any atom is 0.306 e. The number of aryl methyl sites for hydroxylation is 1. The number of hydrogen-bond acceptors (Lipinski definition) is 7. The largest absolute Gasteiger partial charge is 0.462 e. The van der Waals surface area contributed by atoms with E-state index in [4.69, 9.17) is 14.5 Å². The Kier molecular flexibility index (Phi) is 6.70. The molecule has 6 nitrogen and oxygen atoms in total. The molecule has 198 valence electrons. The van der Waals surface area contributed by atoms with Gasteiger partial charge in [-0.15, -0.1) is 0 Å². The van der Waals surface area contributed by atoms with Gasteiger partial charge in [0.25, 0.3) is 0 Å². The maximum atomic E-state index is 12.5. The summed E-state index contributed by atoms with van der Waals surface area (Å²) in [6.07, 6.45) is 13.4. The molecule has 1 saturated heterocycles. The third-order valence-corrected chi connectivity index (χ3v) is 11.5. The number of hydrazine groups is 1. The Hall–Kier alpha value is -1.44. The van der Waals surface area contributed by atoms with Crippen LogP contribution in [-0.4, -0.2) is 48.4 Å². The summed E-state index contributed by atoms with van der Waals surface area (Å²) in [5, 5.41) is 3.28. The van der Waals surface area contributed by atoms with E-state index in [1.165, 1.54) is 36.3 Å². The van der Waals surface area contributed by atoms with Gasteiger partial charge in [0, 0.05) is 24.9 Å². The molecule has 0 amide bonds. The summed E-state index contributed by atoms with van der Waals surface area (Å²) < 4.78 is 11.6. The van der Waals surface area contributed by atoms with E-state index >= 15 is 0 Å². The Bertz CT molecular complexity index is 1020. The summed E-state index contributed by atoms with van der Waals surface area (Å²) in [6.45, 7) is 10.5. The molecule has 2 heterocycles. The molecule has 1 aromatic heterocycles. The van der Waals surface area contributed by atoms with Crippen molar-refractivity contribution in [3.63, 3.8) is 0 Å². The molecule has 4 aliphatic carbocycles. The molecule has 0 aromatic carbocycles. The van der Waals surface area contributed by atoms with Crippen molar-refractivity contribution in [3.8, 4) is 0 Å². The number of carbonyl (C=O) groups is 1. The van der Waals surface area contributed by atoms with Crippen molar-refractivity contribution in [1.82, 2.24) is 9.99 Å². The lowest BCUT2D eigenvalue weighted by molar-refractivity contribution is -0.159. The van der Waals surface area contributed by atoms with E-state index in [1.54, 1.807) is 5.57 Å². The van der Waals surface area contributed by atoms with Gasteiger partial charge in [0.1, 0.15) is 6.10 Å². The normalized spacial score (nSPS) is 37.8. The van der Waals surface area contributed by atoms with Crippen LogP contribution in [0.4, 0.5) is 5.13 Å². The van der Waals surface area contributed by atoms with Gasteiger partial charge in [-0.3, -0.25) is 10.2 Å². The second-order valence-corrected chi connectivity index (χ2v) is 13.4. The first-order valence-corrected chi connectivity index (χ1v) is 15.2. The van der Waals surface area contributed by atoms with Gasteiger partial charge in [-0.2, -0.15) is 0 Å². The highest BCUT2D eigenvalue weighted by Crippen LogP contribution is 2.66. The van der Waals surface area contributed by atoms with Gasteiger partial charge in [-0.1, -0.05) is 44.6 Å². The van der Waals surface area contributed by atoms with E-state index in [2.05, 4.69) is 37.3 Å². The molecule has 0 spiro atoms. The number of unbranched alkanes of at least 4 members (excludes halogenated alkanes) is 1. The molecular weight excluding hydrogens is 470 g/mol. The van der Waals surface area contributed by atoms with Crippen LogP contribution in [0.25, 0.3) is 5.57 Å². The smallest absolute Gasteiger partial charge is 0.306 e. The van der Waals surface area contributed by atoms with Crippen molar-refractivity contribution in [2.75, 3.05) is 31.7 Å². The quantitative estimate of drug-likeness (QED) is 0.465. The summed E-state index contributed by atoms with van der Waals surface area (Å²) in [7, 11) is 0. The number of carbonyl (C=O) groups excluding carboxylic acids is 1. The third kappa shape index (κ3) is 4.14. The minimum absolute atomic E-state index is 0.0233. The minimum atomic E-state index is 0.0233. The average molecular weight is 514 g/mol. The van der Waals surface area contributed by atoms with E-state index in [0.29, 0.717) is 18.3 Å². The molecule has 1 aromatic rings. The van der Waals surface area contributed by atoms with Crippen LogP contribution in [0, 0.1) is 28.6 Å². The van der Waals surface area contributed by atoms with Crippen molar-refractivity contribution < 1.29 is 14.3 Å². The number of thiazole rings is 1. The van der Waals surface area contributed by atoms with Crippen LogP contribution in [0.15, 0.2) is 6.08 Å². The average Bonchev–Trinajstić information content (AvgIpc) is 3.43. The zero-order valence-corrected chi connectivity index (χ0v) is 23.1. The van der Waals surface area contributed by atoms with Crippen LogP contribution < -0.4 is 5.43 Å². The Balaban J connectivity index is 1.21. The van der Waals surface area contributed by atoms with E-state index in [-0.39, 0.29) is 22.9 Å². The van der Waals surface area contributed by atoms with Gasteiger partial charge in [-0.05, 0) is 80.1 Å². The standard InChI is InChI=1S/C29H43N3O3S/c1-4-5-6-25(33)35-24-10-9-20-19-7-8-22-26-23(30-27(36-26)31-32-15-17-34-18-16-32)12-14-28(22,2)21(19)11-13-29(20,24)3/h8,19-21,24H,4-7,9-18H2,1-3H3,(H,30,31)/t19-,20-,21-,24-,28+,29-/m0/s1. The van der Waals surface area contributed by atoms with E-state index < -0.39 is 0 Å². The number of allylic oxidation sites excluding steroid dienone is 2. The SMILES string of the molecule is CCCCC(=O)O[C@H]1CC[C@H]2[C@@H]3CC=C4c5sc(NN6CCOCC6)nc5CC[C@]4(C)[C@H]3CC[C@]12C. The van der Waals surface area contributed by atoms with Crippen molar-refractivity contribution in [3.05, 3.63) is 16.6 Å². The lowest BCUT2D eigenvalue weighted by atomic mass is 9.48. The number of aromatic nitrogens is 1. The van der Waals surface area contributed by atoms with Crippen molar-refractivity contribution in [1.29, 1.82) is 0 Å². The molecule has 0 unspecified atom stereocenters. The molecule has 1 N–H and O–H groups in total. The van der Waals surface area contributed by atoms with Gasteiger partial charge in [0.15, 0.2) is 5.13 Å². The Morgan fingerprint density at radius 1 is 1.22 bits per heavy atom. The summed E-state index contributed by atoms with van der Waals surface area (Å²) in [6, 6.07) is 0. The number of fused-ring (bicyclic) bond motifs is 7. The Morgan fingerprint density at radius 2 is 2.06 bits per heavy atom. The van der Waals surface area contributed by atoms with Gasteiger partial charge in [-0.25, -0.2) is 9.99 Å². The summed E-state index contributed by atoms with van der Waals surface area (Å²) >= 11 is 1.85. The molecule has 36 heavy (non-hydrogen) atoms. The predicted octanol–water partition coefficient (Wildman–Crippen LogP) is 6.09. The van der Waals surface area contributed by atoms with Crippen LogP contribution in [-0.2, 0) is 20.7 Å². The molecular formula is C29H43N3O3S. The zero-order valence-electron chi connectivity index (χ0n) is 22.3. The number of nitrogens with zero attached hydrogens (tertiary/aromatic N) is 2. The maximum absolute atomic E-state index is 12.5. The molecule has 0 radical (unpaired) electrons. The summed E-state index contributed by atoms with van der Waals surface area (Å²) in [4.78, 5) is 19.0. The van der Waals surface area contributed by atoms with Crippen molar-refractivity contribution >= 4 is 28.0 Å². The highest BCUT2D eigenvalue weighted by Gasteiger charge is 2.60. The first-order valence-electron chi connectivity index (χ1n) is 14.4. The number of hydrogen-bond donors (Lipinski definition) is 1. The molecule has 0 bridgehead atoms. The van der Waals surface area contributed by atoms with E-state index in [0.717, 1.165) is 69.5 Å². The number of nitrogens with one attached hydrogen (secondary N) is 1. The molecule has 7 heteroatoms. The number of esters is 1. The van der Waals surface area contributed by atoms with Gasteiger partial charge < -0.3 is 9.47 Å². The topological polar surface area (TPSA) is 63.7 Å². The fourth-order valence-electron chi connectivity index (χ4n) is 8.42. The number of ether oxygens (including phenoxy) is 2. The molecule has 6 atom stereocenters.